The minimum atomic E-state index is -0.144. The highest BCUT2D eigenvalue weighted by atomic mass is 16.1. The smallest absolute Gasteiger partial charge is 0.260 e. The van der Waals surface area contributed by atoms with Gasteiger partial charge in [-0.15, -0.1) is 0 Å². The van der Waals surface area contributed by atoms with Crippen molar-refractivity contribution in [2.24, 2.45) is 0 Å². The highest BCUT2D eigenvalue weighted by Crippen LogP contribution is 2.31. The van der Waals surface area contributed by atoms with Gasteiger partial charge in [-0.05, 0) is 17.6 Å². The molecule has 0 spiro atoms. The van der Waals surface area contributed by atoms with Crippen LogP contribution in [0.15, 0.2) is 34.7 Å². The van der Waals surface area contributed by atoms with Crippen molar-refractivity contribution in [3.8, 4) is 0 Å². The fraction of sp³-hybridized carbons (Fsp3) is 0.167. The molecule has 0 aliphatic heterocycles. The van der Waals surface area contributed by atoms with Crippen LogP contribution in [-0.4, -0.2) is 9.97 Å². The first-order chi connectivity index (χ1) is 7.75. The molecule has 4 heteroatoms. The number of allylic oxidation sites excluding steroid dienone is 6. The molecule has 0 amide bonds. The second kappa shape index (κ2) is 3.20. The van der Waals surface area contributed by atoms with Crippen LogP contribution in [-0.2, 0) is 6.42 Å². The van der Waals surface area contributed by atoms with Gasteiger partial charge in [0.05, 0.1) is 11.3 Å². The number of nitrogens with one attached hydrogen (secondary N) is 1. The average Bonchev–Trinajstić information content (AvgIpc) is 2.28. The summed E-state index contributed by atoms with van der Waals surface area (Å²) in [5.41, 5.74) is 8.92. The van der Waals surface area contributed by atoms with E-state index < -0.39 is 0 Å². The van der Waals surface area contributed by atoms with Crippen molar-refractivity contribution in [2.75, 3.05) is 5.73 Å². The minimum absolute atomic E-state index is 0.144. The number of anilines is 1. The van der Waals surface area contributed by atoms with Gasteiger partial charge in [0.15, 0.2) is 0 Å². The van der Waals surface area contributed by atoms with E-state index in [4.69, 9.17) is 5.73 Å². The van der Waals surface area contributed by atoms with Gasteiger partial charge in [0.1, 0.15) is 0 Å². The molecule has 2 aliphatic carbocycles. The second-order valence-corrected chi connectivity index (χ2v) is 3.89. The number of rotatable bonds is 0. The van der Waals surface area contributed by atoms with Gasteiger partial charge in [0.2, 0.25) is 5.95 Å². The van der Waals surface area contributed by atoms with E-state index in [0.717, 1.165) is 23.3 Å². The Labute approximate surface area is 92.2 Å². The van der Waals surface area contributed by atoms with Crippen LogP contribution in [0.3, 0.4) is 0 Å². The van der Waals surface area contributed by atoms with Crippen molar-refractivity contribution in [1.29, 1.82) is 0 Å². The maximum Gasteiger partial charge on any atom is 0.260 e. The first-order valence-corrected chi connectivity index (χ1v) is 5.22. The van der Waals surface area contributed by atoms with Crippen LogP contribution in [0.25, 0.3) is 5.57 Å². The molecular formula is C12H11N3O. The van der Waals surface area contributed by atoms with E-state index in [9.17, 15) is 4.79 Å². The Balaban J connectivity index is 2.28. The third kappa shape index (κ3) is 1.23. The van der Waals surface area contributed by atoms with Gasteiger partial charge in [-0.25, -0.2) is 4.98 Å². The summed E-state index contributed by atoms with van der Waals surface area (Å²) >= 11 is 0. The molecule has 4 nitrogen and oxygen atoms in total. The highest BCUT2D eigenvalue weighted by molar-refractivity contribution is 5.85. The summed E-state index contributed by atoms with van der Waals surface area (Å²) in [5, 5.41) is 0. The van der Waals surface area contributed by atoms with Crippen molar-refractivity contribution in [3.63, 3.8) is 0 Å². The van der Waals surface area contributed by atoms with E-state index in [0.29, 0.717) is 12.0 Å². The summed E-state index contributed by atoms with van der Waals surface area (Å²) in [7, 11) is 0. The van der Waals surface area contributed by atoms with Crippen molar-refractivity contribution in [3.05, 3.63) is 51.5 Å². The molecule has 0 radical (unpaired) electrons. The minimum Gasteiger partial charge on any atom is -0.369 e. The second-order valence-electron chi connectivity index (χ2n) is 3.89. The summed E-state index contributed by atoms with van der Waals surface area (Å²) in [5.74, 6) is 0.188. The molecule has 3 rings (SSSR count). The van der Waals surface area contributed by atoms with Crippen LogP contribution in [0.4, 0.5) is 5.95 Å². The zero-order chi connectivity index (χ0) is 11.1. The predicted molar refractivity (Wildman–Crippen MR) is 62.8 cm³/mol. The number of hydrogen-bond acceptors (Lipinski definition) is 3. The standard InChI is InChI=1S/C12H11N3O/c13-12-14-9-6-5-7-3-1-2-4-8(7)10(9)11(16)15-12/h1,3-5H,2,6H2,(H3,13,14,15,16). The molecule has 0 saturated heterocycles. The fourth-order valence-electron chi connectivity index (χ4n) is 2.18. The molecule has 80 valence electrons. The molecular weight excluding hydrogens is 202 g/mol. The molecule has 0 saturated carbocycles. The quantitative estimate of drug-likeness (QED) is 0.679. The Kier molecular flexibility index (Phi) is 1.83. The van der Waals surface area contributed by atoms with Gasteiger partial charge in [-0.2, -0.15) is 0 Å². The summed E-state index contributed by atoms with van der Waals surface area (Å²) in [6.07, 6.45) is 9.79. The highest BCUT2D eigenvalue weighted by Gasteiger charge is 2.21. The van der Waals surface area contributed by atoms with Gasteiger partial charge in [0, 0.05) is 6.42 Å². The number of nitrogens with zero attached hydrogens (tertiary/aromatic N) is 1. The lowest BCUT2D eigenvalue weighted by Gasteiger charge is -2.19. The molecule has 3 N–H and O–H groups in total. The zero-order valence-corrected chi connectivity index (χ0v) is 8.66. The number of nitrogens with two attached hydrogens (primary N) is 1. The van der Waals surface area contributed by atoms with Gasteiger partial charge in [-0.3, -0.25) is 9.78 Å². The van der Waals surface area contributed by atoms with Crippen LogP contribution in [0.1, 0.15) is 17.7 Å². The number of aromatic nitrogens is 2. The average molecular weight is 213 g/mol. The van der Waals surface area contributed by atoms with Gasteiger partial charge in [0.25, 0.3) is 5.56 Å². The van der Waals surface area contributed by atoms with Crippen molar-refractivity contribution < 1.29 is 0 Å². The summed E-state index contributed by atoms with van der Waals surface area (Å²) in [6, 6.07) is 0. The largest absolute Gasteiger partial charge is 0.369 e. The molecule has 16 heavy (non-hydrogen) atoms. The van der Waals surface area contributed by atoms with E-state index in [-0.39, 0.29) is 11.5 Å². The maximum absolute atomic E-state index is 11.9. The predicted octanol–water partition coefficient (Wildman–Crippen LogP) is 1.18. The molecule has 1 heterocycles. The van der Waals surface area contributed by atoms with Crippen molar-refractivity contribution >= 4 is 11.5 Å². The van der Waals surface area contributed by atoms with E-state index >= 15 is 0 Å². The third-order valence-electron chi connectivity index (χ3n) is 2.86. The SMILES string of the molecule is Nc1nc2c(c(=O)[nH]1)C1=CCC=CC1=CC2. The van der Waals surface area contributed by atoms with Gasteiger partial charge in [-0.1, -0.05) is 24.3 Å². The summed E-state index contributed by atoms with van der Waals surface area (Å²) < 4.78 is 0. The van der Waals surface area contributed by atoms with Gasteiger partial charge < -0.3 is 5.73 Å². The first kappa shape index (κ1) is 9.15. The fourth-order valence-corrected chi connectivity index (χ4v) is 2.18. The first-order valence-electron chi connectivity index (χ1n) is 5.22. The molecule has 0 bridgehead atoms. The van der Waals surface area contributed by atoms with Gasteiger partial charge >= 0.3 is 0 Å². The van der Waals surface area contributed by atoms with E-state index in [1.165, 1.54) is 0 Å². The number of nitrogen functional groups attached to an aromatic ring is 1. The van der Waals surface area contributed by atoms with E-state index in [2.05, 4.69) is 28.2 Å². The number of fused-ring (bicyclic) bond motifs is 3. The van der Waals surface area contributed by atoms with Crippen molar-refractivity contribution in [2.45, 2.75) is 12.8 Å². The lowest BCUT2D eigenvalue weighted by Crippen LogP contribution is -2.22. The van der Waals surface area contributed by atoms with Crippen LogP contribution in [0.5, 0.6) is 0 Å². The number of H-pyrrole nitrogens is 1. The lowest BCUT2D eigenvalue weighted by atomic mass is 9.87. The van der Waals surface area contributed by atoms with E-state index in [1.54, 1.807) is 0 Å². The molecule has 0 aromatic carbocycles. The topological polar surface area (TPSA) is 71.8 Å². The molecule has 0 fully saturated rings. The molecule has 2 aliphatic rings. The van der Waals surface area contributed by atoms with Crippen LogP contribution in [0.2, 0.25) is 0 Å². The lowest BCUT2D eigenvalue weighted by molar-refractivity contribution is 1.00. The van der Waals surface area contributed by atoms with Crippen LogP contribution >= 0.6 is 0 Å². The van der Waals surface area contributed by atoms with Crippen LogP contribution < -0.4 is 11.3 Å². The molecule has 1 aromatic rings. The maximum atomic E-state index is 11.9. The normalized spacial score (nSPS) is 17.2. The van der Waals surface area contributed by atoms with E-state index in [1.807, 2.05) is 6.08 Å². The monoisotopic (exact) mass is 213 g/mol. The Morgan fingerprint density at radius 2 is 2.25 bits per heavy atom. The third-order valence-corrected chi connectivity index (χ3v) is 2.86. The Hall–Kier alpha value is -2.10. The Morgan fingerprint density at radius 1 is 1.38 bits per heavy atom. The Morgan fingerprint density at radius 3 is 3.12 bits per heavy atom. The summed E-state index contributed by atoms with van der Waals surface area (Å²) in [4.78, 5) is 18.6. The number of aromatic amines is 1. The van der Waals surface area contributed by atoms with Crippen LogP contribution in [0, 0.1) is 0 Å². The number of hydrogen-bond donors (Lipinski definition) is 2. The Bertz CT molecular complexity index is 605. The van der Waals surface area contributed by atoms with Crippen molar-refractivity contribution in [1.82, 2.24) is 9.97 Å². The zero-order valence-electron chi connectivity index (χ0n) is 8.66. The summed E-state index contributed by atoms with van der Waals surface area (Å²) in [6.45, 7) is 0. The molecule has 1 aromatic heterocycles. The molecule has 0 atom stereocenters. The molecule has 0 unspecified atom stereocenters.